The van der Waals surface area contributed by atoms with Crippen molar-refractivity contribution in [3.05, 3.63) is 59.7 Å². The van der Waals surface area contributed by atoms with Gasteiger partial charge in [0.15, 0.2) is 0 Å². The molecule has 0 bridgehead atoms. The Morgan fingerprint density at radius 2 is 1.41 bits per heavy atom. The van der Waals surface area contributed by atoms with E-state index in [2.05, 4.69) is 36.5 Å². The summed E-state index contributed by atoms with van der Waals surface area (Å²) in [7, 11) is 3.44. The van der Waals surface area contributed by atoms with Gasteiger partial charge in [0, 0.05) is 6.04 Å². The number of hydrogen-bond acceptors (Lipinski definition) is 3. The Morgan fingerprint density at radius 3 is 2.05 bits per heavy atom. The molecule has 118 valence electrons. The lowest BCUT2D eigenvalue weighted by Crippen LogP contribution is -2.30. The van der Waals surface area contributed by atoms with Gasteiger partial charge in [0.1, 0.15) is 11.5 Å². The molecule has 1 N–H and O–H groups in total. The molecule has 0 aliphatic heterocycles. The van der Waals surface area contributed by atoms with Crippen molar-refractivity contribution >= 4 is 0 Å². The Kier molecular flexibility index (Phi) is 6.28. The fraction of sp³-hybridized carbons (Fsp3) is 0.368. The lowest BCUT2D eigenvalue weighted by molar-refractivity contribution is 0.404. The van der Waals surface area contributed by atoms with E-state index in [0.29, 0.717) is 6.04 Å². The fourth-order valence-corrected chi connectivity index (χ4v) is 2.64. The first-order chi connectivity index (χ1) is 10.7. The molecule has 3 heteroatoms. The van der Waals surface area contributed by atoms with Gasteiger partial charge in [-0.3, -0.25) is 0 Å². The third-order valence-corrected chi connectivity index (χ3v) is 3.80. The van der Waals surface area contributed by atoms with Gasteiger partial charge in [-0.15, -0.1) is 0 Å². The number of ether oxygens (including phenoxy) is 2. The number of para-hydroxylation sites is 2. The van der Waals surface area contributed by atoms with E-state index < -0.39 is 0 Å². The van der Waals surface area contributed by atoms with Gasteiger partial charge in [-0.1, -0.05) is 36.4 Å². The second kappa shape index (κ2) is 8.44. The van der Waals surface area contributed by atoms with Crippen LogP contribution in [-0.4, -0.2) is 26.8 Å². The highest BCUT2D eigenvalue weighted by Crippen LogP contribution is 2.19. The molecule has 0 spiro atoms. The maximum absolute atomic E-state index is 5.41. The third-order valence-electron chi connectivity index (χ3n) is 3.80. The third kappa shape index (κ3) is 4.50. The molecular formula is C19H25NO2. The van der Waals surface area contributed by atoms with Gasteiger partial charge >= 0.3 is 0 Å². The molecule has 0 aromatic heterocycles. The van der Waals surface area contributed by atoms with Crippen LogP contribution in [0.1, 0.15) is 18.1 Å². The van der Waals surface area contributed by atoms with Gasteiger partial charge in [-0.2, -0.15) is 0 Å². The summed E-state index contributed by atoms with van der Waals surface area (Å²) in [5.74, 6) is 1.92. The lowest BCUT2D eigenvalue weighted by atomic mass is 10.1. The largest absolute Gasteiger partial charge is 0.496 e. The van der Waals surface area contributed by atoms with Crippen LogP contribution in [0.2, 0.25) is 0 Å². The average molecular weight is 299 g/mol. The zero-order valence-electron chi connectivity index (χ0n) is 13.6. The van der Waals surface area contributed by atoms with Gasteiger partial charge in [0.25, 0.3) is 0 Å². The van der Waals surface area contributed by atoms with Gasteiger partial charge in [0.2, 0.25) is 0 Å². The van der Waals surface area contributed by atoms with Gasteiger partial charge in [0.05, 0.1) is 14.2 Å². The molecule has 0 aliphatic rings. The summed E-state index contributed by atoms with van der Waals surface area (Å²) in [5.41, 5.74) is 2.48. The van der Waals surface area contributed by atoms with E-state index in [1.807, 2.05) is 24.3 Å². The van der Waals surface area contributed by atoms with Crippen molar-refractivity contribution in [3.8, 4) is 11.5 Å². The van der Waals surface area contributed by atoms with E-state index in [1.54, 1.807) is 14.2 Å². The second-order valence-electron chi connectivity index (χ2n) is 5.43. The van der Waals surface area contributed by atoms with Crippen LogP contribution in [0.4, 0.5) is 0 Å². The van der Waals surface area contributed by atoms with Crippen molar-refractivity contribution in [3.63, 3.8) is 0 Å². The maximum atomic E-state index is 5.41. The predicted molar refractivity (Wildman–Crippen MR) is 90.9 cm³/mol. The second-order valence-corrected chi connectivity index (χ2v) is 5.43. The molecule has 1 atom stereocenters. The van der Waals surface area contributed by atoms with Crippen molar-refractivity contribution in [2.45, 2.75) is 25.8 Å². The van der Waals surface area contributed by atoms with E-state index >= 15 is 0 Å². The van der Waals surface area contributed by atoms with Crippen molar-refractivity contribution in [1.82, 2.24) is 5.32 Å². The molecule has 2 rings (SSSR count). The molecule has 22 heavy (non-hydrogen) atoms. The van der Waals surface area contributed by atoms with Crippen LogP contribution in [0.5, 0.6) is 11.5 Å². The van der Waals surface area contributed by atoms with E-state index in [0.717, 1.165) is 30.9 Å². The summed E-state index contributed by atoms with van der Waals surface area (Å²) in [6, 6.07) is 16.8. The molecule has 0 fully saturated rings. The molecule has 0 amide bonds. The highest BCUT2D eigenvalue weighted by Gasteiger charge is 2.08. The van der Waals surface area contributed by atoms with Crippen LogP contribution < -0.4 is 14.8 Å². The first-order valence-electron chi connectivity index (χ1n) is 7.71. The number of benzene rings is 2. The van der Waals surface area contributed by atoms with Crippen LogP contribution in [0, 0.1) is 0 Å². The Labute approximate surface area is 133 Å². The van der Waals surface area contributed by atoms with Gasteiger partial charge < -0.3 is 14.8 Å². The van der Waals surface area contributed by atoms with Crippen LogP contribution in [0.15, 0.2) is 48.5 Å². The van der Waals surface area contributed by atoms with Crippen molar-refractivity contribution in [1.29, 1.82) is 0 Å². The average Bonchev–Trinajstić information content (AvgIpc) is 2.55. The molecule has 0 aliphatic carbocycles. The Balaban J connectivity index is 1.84. The Morgan fingerprint density at radius 1 is 0.864 bits per heavy atom. The minimum atomic E-state index is 0.394. The van der Waals surface area contributed by atoms with E-state index in [9.17, 15) is 0 Å². The summed E-state index contributed by atoms with van der Waals surface area (Å²) in [6.07, 6.45) is 1.91. The predicted octanol–water partition coefficient (Wildman–Crippen LogP) is 3.47. The topological polar surface area (TPSA) is 30.5 Å². The SMILES string of the molecule is COc1ccccc1CCNC(C)Cc1ccccc1OC. The summed E-state index contributed by atoms with van der Waals surface area (Å²) in [4.78, 5) is 0. The summed E-state index contributed by atoms with van der Waals surface area (Å²) in [5, 5.41) is 3.57. The van der Waals surface area contributed by atoms with Gasteiger partial charge in [-0.05, 0) is 49.6 Å². The number of hydrogen-bond donors (Lipinski definition) is 1. The number of nitrogens with one attached hydrogen (secondary N) is 1. The van der Waals surface area contributed by atoms with Crippen molar-refractivity contribution in [2.75, 3.05) is 20.8 Å². The van der Waals surface area contributed by atoms with Crippen LogP contribution in [0.25, 0.3) is 0 Å². The molecule has 0 saturated heterocycles. The highest BCUT2D eigenvalue weighted by atomic mass is 16.5. The van der Waals surface area contributed by atoms with Crippen LogP contribution in [-0.2, 0) is 12.8 Å². The monoisotopic (exact) mass is 299 g/mol. The first kappa shape index (κ1) is 16.4. The minimum absolute atomic E-state index is 0.394. The van der Waals surface area contributed by atoms with E-state index in [4.69, 9.17) is 9.47 Å². The van der Waals surface area contributed by atoms with Crippen LogP contribution in [0.3, 0.4) is 0 Å². The van der Waals surface area contributed by atoms with Crippen LogP contribution >= 0.6 is 0 Å². The molecule has 2 aromatic carbocycles. The van der Waals surface area contributed by atoms with Crippen molar-refractivity contribution in [2.24, 2.45) is 0 Å². The molecule has 3 nitrogen and oxygen atoms in total. The first-order valence-corrected chi connectivity index (χ1v) is 7.71. The van der Waals surface area contributed by atoms with E-state index in [-0.39, 0.29) is 0 Å². The molecule has 2 aromatic rings. The van der Waals surface area contributed by atoms with Gasteiger partial charge in [-0.25, -0.2) is 0 Å². The normalized spacial score (nSPS) is 12.0. The number of methoxy groups -OCH3 is 2. The highest BCUT2D eigenvalue weighted by molar-refractivity contribution is 5.34. The molecule has 1 unspecified atom stereocenters. The zero-order chi connectivity index (χ0) is 15.8. The zero-order valence-corrected chi connectivity index (χ0v) is 13.6. The minimum Gasteiger partial charge on any atom is -0.496 e. The lowest BCUT2D eigenvalue weighted by Gasteiger charge is -2.16. The maximum Gasteiger partial charge on any atom is 0.122 e. The standard InChI is InChI=1S/C19H25NO2/c1-15(14-17-9-5-7-11-19(17)22-3)20-13-12-16-8-4-6-10-18(16)21-2/h4-11,15,20H,12-14H2,1-3H3. The molecular weight excluding hydrogens is 274 g/mol. The Hall–Kier alpha value is -2.00. The fourth-order valence-electron chi connectivity index (χ4n) is 2.64. The summed E-state index contributed by atoms with van der Waals surface area (Å²) >= 11 is 0. The summed E-state index contributed by atoms with van der Waals surface area (Å²) in [6.45, 7) is 3.13. The molecule has 0 heterocycles. The summed E-state index contributed by atoms with van der Waals surface area (Å²) < 4.78 is 10.8. The smallest absolute Gasteiger partial charge is 0.122 e. The molecule has 0 radical (unpaired) electrons. The Bertz CT molecular complexity index is 583. The quantitative estimate of drug-likeness (QED) is 0.809. The molecule has 0 saturated carbocycles. The number of rotatable bonds is 8. The van der Waals surface area contributed by atoms with Crippen molar-refractivity contribution < 1.29 is 9.47 Å². The van der Waals surface area contributed by atoms with E-state index in [1.165, 1.54) is 11.1 Å².